The highest BCUT2D eigenvalue weighted by atomic mass is 35.5. The summed E-state index contributed by atoms with van der Waals surface area (Å²) in [6.45, 7) is 6.38. The van der Waals surface area contributed by atoms with E-state index >= 15 is 0 Å². The van der Waals surface area contributed by atoms with Gasteiger partial charge in [-0.25, -0.2) is 4.79 Å². The van der Waals surface area contributed by atoms with E-state index in [1.807, 2.05) is 37.5 Å². The van der Waals surface area contributed by atoms with Crippen molar-refractivity contribution in [2.45, 2.75) is 58.3 Å². The number of benzene rings is 2. The van der Waals surface area contributed by atoms with Gasteiger partial charge in [-0.2, -0.15) is 13.2 Å². The lowest BCUT2D eigenvalue weighted by Crippen LogP contribution is -2.36. The van der Waals surface area contributed by atoms with Crippen LogP contribution >= 0.6 is 11.6 Å². The van der Waals surface area contributed by atoms with Gasteiger partial charge in [-0.3, -0.25) is 0 Å². The first-order chi connectivity index (χ1) is 16.5. The molecule has 1 fully saturated rings. The molecule has 2 amide bonds. The Morgan fingerprint density at radius 3 is 2.54 bits per heavy atom. The topological polar surface area (TPSA) is 63.1 Å². The van der Waals surface area contributed by atoms with Crippen molar-refractivity contribution in [2.24, 2.45) is 0 Å². The van der Waals surface area contributed by atoms with Gasteiger partial charge >= 0.3 is 12.2 Å². The van der Waals surface area contributed by atoms with E-state index in [1.165, 1.54) is 6.07 Å². The summed E-state index contributed by atoms with van der Waals surface area (Å²) in [6.07, 6.45) is -3.23. The summed E-state index contributed by atoms with van der Waals surface area (Å²) in [7, 11) is 0. The van der Waals surface area contributed by atoms with Crippen LogP contribution in [0.4, 0.5) is 23.7 Å². The lowest BCUT2D eigenvalue weighted by atomic mass is 9.99. The average molecular weight is 506 g/mol. The summed E-state index contributed by atoms with van der Waals surface area (Å²) < 4.78 is 43.2. The smallest absolute Gasteiger partial charge is 0.314 e. The lowest BCUT2D eigenvalue weighted by molar-refractivity contribution is -0.137. The summed E-state index contributed by atoms with van der Waals surface area (Å²) in [5.74, 6) is 1.22. The third-order valence-corrected chi connectivity index (χ3v) is 6.54. The maximum absolute atomic E-state index is 13.8. The van der Waals surface area contributed by atoms with Crippen molar-refractivity contribution in [2.75, 3.05) is 11.9 Å². The lowest BCUT2D eigenvalue weighted by Gasteiger charge is -2.26. The molecule has 1 aliphatic heterocycles. The van der Waals surface area contributed by atoms with Crippen molar-refractivity contribution in [3.8, 4) is 0 Å². The van der Waals surface area contributed by atoms with Gasteiger partial charge in [-0.15, -0.1) is 10.2 Å². The molecule has 10 heteroatoms. The molecule has 3 aromatic rings. The molecule has 1 saturated heterocycles. The van der Waals surface area contributed by atoms with Crippen LogP contribution in [0.5, 0.6) is 0 Å². The van der Waals surface area contributed by atoms with Crippen molar-refractivity contribution in [3.05, 3.63) is 75.8 Å². The number of likely N-dealkylation sites (tertiary alicyclic amines) is 1. The van der Waals surface area contributed by atoms with Crippen molar-refractivity contribution in [1.29, 1.82) is 0 Å². The van der Waals surface area contributed by atoms with Crippen molar-refractivity contribution in [1.82, 2.24) is 19.7 Å². The van der Waals surface area contributed by atoms with Gasteiger partial charge in [0.25, 0.3) is 0 Å². The largest absolute Gasteiger partial charge is 0.418 e. The third-order valence-electron chi connectivity index (χ3n) is 6.29. The molecule has 0 unspecified atom stereocenters. The first-order valence-corrected chi connectivity index (χ1v) is 11.8. The molecular weight excluding hydrogens is 479 g/mol. The Kier molecular flexibility index (Phi) is 7.07. The van der Waals surface area contributed by atoms with Gasteiger partial charge in [0.15, 0.2) is 5.82 Å². The summed E-state index contributed by atoms with van der Waals surface area (Å²) >= 11 is 5.99. The summed E-state index contributed by atoms with van der Waals surface area (Å²) in [5.41, 5.74) is 0.443. The molecule has 4 rings (SSSR count). The predicted molar refractivity (Wildman–Crippen MR) is 129 cm³/mol. The second-order valence-electron chi connectivity index (χ2n) is 9.06. The Morgan fingerprint density at radius 1 is 1.17 bits per heavy atom. The molecule has 0 saturated carbocycles. The molecule has 0 spiro atoms. The number of nitrogens with zero attached hydrogens (tertiary/aromatic N) is 4. The Bertz CT molecular complexity index is 1210. The van der Waals surface area contributed by atoms with Crippen LogP contribution in [-0.2, 0) is 12.7 Å². The molecular formula is C25H27ClF3N5O. The number of carbonyl (C=O) groups is 1. The Labute approximate surface area is 207 Å². The second-order valence-corrected chi connectivity index (χ2v) is 9.49. The number of halogens is 4. The average Bonchev–Trinajstić information content (AvgIpc) is 3.41. The van der Waals surface area contributed by atoms with Crippen LogP contribution in [0.2, 0.25) is 5.02 Å². The van der Waals surface area contributed by atoms with Crippen LogP contribution in [0.1, 0.15) is 67.0 Å². The molecule has 1 atom stereocenters. The quantitative estimate of drug-likeness (QED) is 0.415. The number of aromatic nitrogens is 3. The van der Waals surface area contributed by atoms with E-state index in [0.29, 0.717) is 48.2 Å². The number of hydrogen-bond donors (Lipinski definition) is 1. The Hall–Kier alpha value is -3.07. The van der Waals surface area contributed by atoms with Gasteiger partial charge in [0.05, 0.1) is 23.8 Å². The number of carbonyl (C=O) groups excluding carboxylic acids is 1. The molecule has 1 N–H and O–H groups in total. The maximum Gasteiger partial charge on any atom is 0.418 e. The summed E-state index contributed by atoms with van der Waals surface area (Å²) in [6, 6.07) is 10.5. The fourth-order valence-electron chi connectivity index (χ4n) is 4.34. The minimum Gasteiger partial charge on any atom is -0.314 e. The number of nitrogens with one attached hydrogen (secondary N) is 1. The number of urea groups is 1. The van der Waals surface area contributed by atoms with E-state index in [9.17, 15) is 18.0 Å². The van der Waals surface area contributed by atoms with E-state index in [1.54, 1.807) is 23.1 Å². The minimum absolute atomic E-state index is 0.0703. The number of aryl methyl sites for hydroxylation is 1. The molecule has 0 radical (unpaired) electrons. The number of rotatable bonds is 5. The summed E-state index contributed by atoms with van der Waals surface area (Å²) in [4.78, 5) is 14.7. The van der Waals surface area contributed by atoms with E-state index in [2.05, 4.69) is 15.5 Å². The molecule has 35 heavy (non-hydrogen) atoms. The molecule has 186 valence electrons. The van der Waals surface area contributed by atoms with E-state index in [4.69, 9.17) is 11.6 Å². The maximum atomic E-state index is 13.8. The monoisotopic (exact) mass is 505 g/mol. The standard InChI is InChI=1S/C25H27ClF3N5O/c1-15(2)18-8-11-21(20(13-18)25(27,28)29)30-24(35)33-12-4-5-22(33)23-32-31-16(3)34(23)14-17-6-9-19(26)10-7-17/h6-11,13,15,22H,4-5,12,14H2,1-3H3,(H,30,35)/t22-/m1/s1. The van der Waals surface area contributed by atoms with Gasteiger partial charge in [0.1, 0.15) is 5.82 Å². The zero-order valence-electron chi connectivity index (χ0n) is 19.7. The molecule has 1 aromatic heterocycles. The fraction of sp³-hybridized carbons (Fsp3) is 0.400. The number of amides is 2. The minimum atomic E-state index is -4.59. The van der Waals surface area contributed by atoms with Crippen LogP contribution in [0.25, 0.3) is 0 Å². The highest BCUT2D eigenvalue weighted by molar-refractivity contribution is 6.30. The Morgan fingerprint density at radius 2 is 1.89 bits per heavy atom. The van der Waals surface area contributed by atoms with E-state index in [-0.39, 0.29) is 11.6 Å². The van der Waals surface area contributed by atoms with Gasteiger partial charge < -0.3 is 14.8 Å². The predicted octanol–water partition coefficient (Wildman–Crippen LogP) is 6.80. The molecule has 6 nitrogen and oxygen atoms in total. The molecule has 0 aliphatic carbocycles. The highest BCUT2D eigenvalue weighted by Gasteiger charge is 2.37. The second kappa shape index (κ2) is 9.89. The van der Waals surface area contributed by atoms with E-state index in [0.717, 1.165) is 11.6 Å². The van der Waals surface area contributed by atoms with E-state index < -0.39 is 23.8 Å². The SMILES string of the molecule is Cc1nnc([C@H]2CCCN2C(=O)Nc2ccc(C(C)C)cc2C(F)(F)F)n1Cc1ccc(Cl)cc1. The highest BCUT2D eigenvalue weighted by Crippen LogP contribution is 2.38. The summed E-state index contributed by atoms with van der Waals surface area (Å²) in [5, 5.41) is 11.7. The first-order valence-electron chi connectivity index (χ1n) is 11.5. The normalized spacial score (nSPS) is 16.2. The Balaban J connectivity index is 1.59. The number of anilines is 1. The van der Waals surface area contributed by atoms with Crippen molar-refractivity contribution >= 4 is 23.3 Å². The first kappa shape index (κ1) is 25.0. The zero-order valence-corrected chi connectivity index (χ0v) is 20.5. The van der Waals surface area contributed by atoms with Crippen LogP contribution < -0.4 is 5.32 Å². The van der Waals surface area contributed by atoms with Crippen LogP contribution in [0.15, 0.2) is 42.5 Å². The van der Waals surface area contributed by atoms with Crippen molar-refractivity contribution < 1.29 is 18.0 Å². The van der Waals surface area contributed by atoms with Gasteiger partial charge in [0, 0.05) is 11.6 Å². The van der Waals surface area contributed by atoms with Crippen LogP contribution in [0.3, 0.4) is 0 Å². The third kappa shape index (κ3) is 5.45. The van der Waals surface area contributed by atoms with Crippen LogP contribution in [0, 0.1) is 6.92 Å². The molecule has 0 bridgehead atoms. The van der Waals surface area contributed by atoms with Gasteiger partial charge in [0.2, 0.25) is 0 Å². The molecule has 2 aromatic carbocycles. The van der Waals surface area contributed by atoms with Crippen LogP contribution in [-0.4, -0.2) is 32.2 Å². The number of hydrogen-bond acceptors (Lipinski definition) is 3. The van der Waals surface area contributed by atoms with Crippen molar-refractivity contribution in [3.63, 3.8) is 0 Å². The number of alkyl halides is 3. The molecule has 1 aliphatic rings. The molecule has 2 heterocycles. The van der Waals surface area contributed by atoms with Gasteiger partial charge in [-0.1, -0.05) is 43.6 Å². The zero-order chi connectivity index (χ0) is 25.3. The fourth-order valence-corrected chi connectivity index (χ4v) is 4.47. The van der Waals surface area contributed by atoms with Gasteiger partial charge in [-0.05, 0) is 61.1 Å².